The van der Waals surface area contributed by atoms with E-state index in [1.165, 1.54) is 13.2 Å². The molecular weight excluding hydrogens is 256 g/mol. The molecular formula is C16H16O4. The molecule has 2 rings (SSSR count). The van der Waals surface area contributed by atoms with E-state index in [1.807, 2.05) is 24.3 Å². The van der Waals surface area contributed by atoms with Gasteiger partial charge < -0.3 is 14.2 Å². The molecule has 104 valence electrons. The predicted molar refractivity (Wildman–Crippen MR) is 76.2 cm³/mol. The van der Waals surface area contributed by atoms with Crippen molar-refractivity contribution in [1.82, 2.24) is 0 Å². The summed E-state index contributed by atoms with van der Waals surface area (Å²) in [4.78, 5) is 12.0. The predicted octanol–water partition coefficient (Wildman–Crippen LogP) is 2.72. The van der Waals surface area contributed by atoms with E-state index in [9.17, 15) is 4.79 Å². The molecule has 0 heterocycles. The summed E-state index contributed by atoms with van der Waals surface area (Å²) in [6.07, 6.45) is 4.89. The highest BCUT2D eigenvalue weighted by molar-refractivity contribution is 6.11. The molecule has 0 saturated carbocycles. The number of benzene rings is 1. The zero-order valence-electron chi connectivity index (χ0n) is 11.7. The summed E-state index contributed by atoms with van der Waals surface area (Å²) >= 11 is 0. The quantitative estimate of drug-likeness (QED) is 0.791. The van der Waals surface area contributed by atoms with Gasteiger partial charge >= 0.3 is 0 Å². The lowest BCUT2D eigenvalue weighted by Crippen LogP contribution is -2.09. The Kier molecular flexibility index (Phi) is 4.25. The maximum atomic E-state index is 12.0. The van der Waals surface area contributed by atoms with Gasteiger partial charge in [-0.2, -0.15) is 0 Å². The first-order valence-electron chi connectivity index (χ1n) is 6.09. The van der Waals surface area contributed by atoms with Crippen molar-refractivity contribution >= 4 is 11.9 Å². The van der Waals surface area contributed by atoms with Crippen LogP contribution >= 0.6 is 0 Å². The summed E-state index contributed by atoms with van der Waals surface area (Å²) in [5.74, 6) is 1.63. The Morgan fingerprint density at radius 1 is 0.850 bits per heavy atom. The first-order valence-corrected chi connectivity index (χ1v) is 6.09. The highest BCUT2D eigenvalue weighted by Gasteiger charge is 2.18. The Morgan fingerprint density at radius 2 is 1.45 bits per heavy atom. The van der Waals surface area contributed by atoms with Crippen molar-refractivity contribution in [3.63, 3.8) is 0 Å². The summed E-state index contributed by atoms with van der Waals surface area (Å²) in [5.41, 5.74) is 1.46. The minimum absolute atomic E-state index is 0.113. The van der Waals surface area contributed by atoms with Gasteiger partial charge in [0.1, 0.15) is 5.75 Å². The standard InChI is InChI=1S/C16H16O4/c1-18-13-6-4-11(5-7-13)8-12-9-15(19-2)16(20-3)10-14(12)17/h4-10H,1-3H3/b12-8-. The van der Waals surface area contributed by atoms with Crippen molar-refractivity contribution in [3.8, 4) is 5.75 Å². The van der Waals surface area contributed by atoms with E-state index in [4.69, 9.17) is 14.2 Å². The molecule has 0 aromatic heterocycles. The molecule has 4 heteroatoms. The molecule has 4 nitrogen and oxygen atoms in total. The van der Waals surface area contributed by atoms with Crippen LogP contribution in [0.1, 0.15) is 5.56 Å². The van der Waals surface area contributed by atoms with E-state index in [0.29, 0.717) is 17.1 Å². The van der Waals surface area contributed by atoms with Crippen molar-refractivity contribution in [2.24, 2.45) is 0 Å². The van der Waals surface area contributed by atoms with Gasteiger partial charge in [0.2, 0.25) is 0 Å². The molecule has 0 N–H and O–H groups in total. The Hall–Kier alpha value is -2.49. The molecule has 0 fully saturated rings. The third kappa shape index (κ3) is 2.91. The monoisotopic (exact) mass is 272 g/mol. The molecule has 1 aliphatic rings. The van der Waals surface area contributed by atoms with Crippen molar-refractivity contribution in [2.75, 3.05) is 21.3 Å². The van der Waals surface area contributed by atoms with E-state index >= 15 is 0 Å². The van der Waals surface area contributed by atoms with Crippen molar-refractivity contribution < 1.29 is 19.0 Å². The summed E-state index contributed by atoms with van der Waals surface area (Å²) in [6, 6.07) is 7.46. The molecule has 0 spiro atoms. The van der Waals surface area contributed by atoms with E-state index in [-0.39, 0.29) is 5.78 Å². The van der Waals surface area contributed by atoms with E-state index in [2.05, 4.69) is 0 Å². The fourth-order valence-electron chi connectivity index (χ4n) is 1.87. The molecule has 0 aliphatic heterocycles. The highest BCUT2D eigenvalue weighted by atomic mass is 16.5. The lowest BCUT2D eigenvalue weighted by molar-refractivity contribution is -0.111. The minimum atomic E-state index is -0.113. The number of carbonyl (C=O) groups is 1. The van der Waals surface area contributed by atoms with E-state index < -0.39 is 0 Å². The first kappa shape index (κ1) is 13.9. The molecule has 0 bridgehead atoms. The van der Waals surface area contributed by atoms with Crippen molar-refractivity contribution in [2.45, 2.75) is 0 Å². The van der Waals surface area contributed by atoms with Crippen molar-refractivity contribution in [3.05, 3.63) is 59.1 Å². The number of carbonyl (C=O) groups excluding carboxylic acids is 1. The van der Waals surface area contributed by atoms with Gasteiger partial charge in [0.25, 0.3) is 0 Å². The topological polar surface area (TPSA) is 44.8 Å². The van der Waals surface area contributed by atoms with E-state index in [0.717, 1.165) is 11.3 Å². The van der Waals surface area contributed by atoms with Gasteiger partial charge in [-0.3, -0.25) is 4.79 Å². The lowest BCUT2D eigenvalue weighted by Gasteiger charge is -2.14. The Morgan fingerprint density at radius 3 is 2.00 bits per heavy atom. The van der Waals surface area contributed by atoms with Crippen LogP contribution in [0.2, 0.25) is 0 Å². The zero-order chi connectivity index (χ0) is 14.5. The summed E-state index contributed by atoms with van der Waals surface area (Å²) in [7, 11) is 4.66. The fraction of sp³-hybridized carbons (Fsp3) is 0.188. The molecule has 1 aromatic carbocycles. The van der Waals surface area contributed by atoms with Crippen LogP contribution in [0.25, 0.3) is 6.08 Å². The normalized spacial score (nSPS) is 16.6. The fourth-order valence-corrected chi connectivity index (χ4v) is 1.87. The summed E-state index contributed by atoms with van der Waals surface area (Å²) < 4.78 is 15.4. The smallest absolute Gasteiger partial charge is 0.189 e. The molecule has 1 aromatic rings. The summed E-state index contributed by atoms with van der Waals surface area (Å²) in [6.45, 7) is 0. The third-order valence-electron chi connectivity index (χ3n) is 2.95. The zero-order valence-corrected chi connectivity index (χ0v) is 11.7. The maximum Gasteiger partial charge on any atom is 0.189 e. The molecule has 0 atom stereocenters. The average Bonchev–Trinajstić information content (AvgIpc) is 2.49. The maximum absolute atomic E-state index is 12.0. The number of ether oxygens (including phenoxy) is 3. The van der Waals surface area contributed by atoms with Crippen LogP contribution in [0.3, 0.4) is 0 Å². The summed E-state index contributed by atoms with van der Waals surface area (Å²) in [5, 5.41) is 0. The largest absolute Gasteiger partial charge is 0.497 e. The van der Waals surface area contributed by atoms with Crippen LogP contribution in [-0.2, 0) is 14.3 Å². The Bertz CT molecular complexity index is 591. The van der Waals surface area contributed by atoms with Gasteiger partial charge in [0.15, 0.2) is 17.3 Å². The van der Waals surface area contributed by atoms with Gasteiger partial charge in [0.05, 0.1) is 21.3 Å². The molecule has 20 heavy (non-hydrogen) atoms. The lowest BCUT2D eigenvalue weighted by atomic mass is 10.0. The van der Waals surface area contributed by atoms with Crippen LogP contribution in [0.4, 0.5) is 0 Å². The van der Waals surface area contributed by atoms with Gasteiger partial charge in [-0.25, -0.2) is 0 Å². The van der Waals surface area contributed by atoms with Crippen LogP contribution in [0.5, 0.6) is 5.75 Å². The van der Waals surface area contributed by atoms with Gasteiger partial charge in [-0.05, 0) is 29.8 Å². The number of allylic oxidation sites excluding steroid dienone is 3. The highest BCUT2D eigenvalue weighted by Crippen LogP contribution is 2.23. The number of hydrogen-bond acceptors (Lipinski definition) is 4. The van der Waals surface area contributed by atoms with Crippen LogP contribution < -0.4 is 4.74 Å². The Labute approximate surface area is 118 Å². The number of hydrogen-bond donors (Lipinski definition) is 0. The molecule has 1 aliphatic carbocycles. The number of rotatable bonds is 4. The van der Waals surface area contributed by atoms with Crippen molar-refractivity contribution in [1.29, 1.82) is 0 Å². The second-order valence-corrected chi connectivity index (χ2v) is 4.16. The number of ketones is 1. The first-order chi connectivity index (χ1) is 9.67. The van der Waals surface area contributed by atoms with Gasteiger partial charge in [0, 0.05) is 11.6 Å². The van der Waals surface area contributed by atoms with Gasteiger partial charge in [-0.1, -0.05) is 12.1 Å². The molecule has 0 radical (unpaired) electrons. The number of methoxy groups -OCH3 is 3. The Balaban J connectivity index is 2.32. The van der Waals surface area contributed by atoms with Crippen LogP contribution in [0, 0.1) is 0 Å². The molecule has 0 saturated heterocycles. The SMILES string of the molecule is COC1=CC(=O)/C(=C\c2ccc(OC)cc2)C=C1OC. The molecule has 0 amide bonds. The van der Waals surface area contributed by atoms with Crippen LogP contribution in [-0.4, -0.2) is 27.1 Å². The second kappa shape index (κ2) is 6.10. The van der Waals surface area contributed by atoms with E-state index in [1.54, 1.807) is 26.4 Å². The molecule has 0 unspecified atom stereocenters. The average molecular weight is 272 g/mol. The minimum Gasteiger partial charge on any atom is -0.497 e. The van der Waals surface area contributed by atoms with Gasteiger partial charge in [-0.15, -0.1) is 0 Å². The third-order valence-corrected chi connectivity index (χ3v) is 2.95. The van der Waals surface area contributed by atoms with Crippen LogP contribution in [0.15, 0.2) is 53.5 Å². The second-order valence-electron chi connectivity index (χ2n) is 4.16.